The Morgan fingerprint density at radius 2 is 2.00 bits per heavy atom. The number of nitrogens with zero attached hydrogens (tertiary/aromatic N) is 2. The van der Waals surface area contributed by atoms with Crippen LogP contribution < -0.4 is 10.5 Å². The van der Waals surface area contributed by atoms with Crippen molar-refractivity contribution in [1.82, 2.24) is 9.80 Å². The molecule has 1 saturated heterocycles. The molecule has 0 aromatic heterocycles. The second-order valence-electron chi connectivity index (χ2n) is 6.48. The SMILES string of the molecule is CC1C(=C=O)N(Cc2ccc(F)cc2)CCN1COc1ccc(Cl)cc1N. The number of carbonyl (C=O) groups excluding carboxylic acids is 1. The van der Waals surface area contributed by atoms with Gasteiger partial charge in [0.15, 0.2) is 0 Å². The fraction of sp³-hybridized carbons (Fsp3) is 0.300. The van der Waals surface area contributed by atoms with Crippen LogP contribution in [0.1, 0.15) is 12.5 Å². The van der Waals surface area contributed by atoms with Crippen LogP contribution in [-0.2, 0) is 11.3 Å². The summed E-state index contributed by atoms with van der Waals surface area (Å²) in [6.45, 7) is 4.12. The first-order valence-corrected chi connectivity index (χ1v) is 9.02. The number of halogens is 2. The summed E-state index contributed by atoms with van der Waals surface area (Å²) in [6, 6.07) is 11.2. The van der Waals surface area contributed by atoms with Gasteiger partial charge in [0.25, 0.3) is 0 Å². The summed E-state index contributed by atoms with van der Waals surface area (Å²) < 4.78 is 18.9. The van der Waals surface area contributed by atoms with Crippen molar-refractivity contribution in [1.29, 1.82) is 0 Å². The average molecular weight is 390 g/mol. The van der Waals surface area contributed by atoms with Gasteiger partial charge in [-0.1, -0.05) is 23.7 Å². The molecule has 5 nitrogen and oxygen atoms in total. The van der Waals surface area contributed by atoms with E-state index < -0.39 is 0 Å². The molecule has 1 atom stereocenters. The maximum Gasteiger partial charge on any atom is 0.147 e. The minimum atomic E-state index is -0.276. The molecule has 1 unspecified atom stereocenters. The van der Waals surface area contributed by atoms with Gasteiger partial charge in [-0.25, -0.2) is 9.18 Å². The average Bonchev–Trinajstić information content (AvgIpc) is 2.64. The standard InChI is InChI=1S/C20H21ClFN3O2/c1-14-19(12-26)24(11-15-2-5-17(22)6-3-15)8-9-25(14)13-27-20-7-4-16(21)10-18(20)23/h2-7,10,14H,8-9,11,13,23H2,1H3. The lowest BCUT2D eigenvalue weighted by atomic mass is 10.1. The molecule has 1 fully saturated rings. The molecule has 142 valence electrons. The predicted molar refractivity (Wildman–Crippen MR) is 104 cm³/mol. The van der Waals surface area contributed by atoms with E-state index in [4.69, 9.17) is 22.1 Å². The first-order valence-electron chi connectivity index (χ1n) is 8.64. The number of ether oxygens (including phenoxy) is 1. The molecule has 2 aromatic rings. The Labute approximate surface area is 162 Å². The highest BCUT2D eigenvalue weighted by molar-refractivity contribution is 6.30. The van der Waals surface area contributed by atoms with Gasteiger partial charge in [-0.2, -0.15) is 0 Å². The van der Waals surface area contributed by atoms with E-state index in [1.807, 2.05) is 16.7 Å². The molecule has 2 aromatic carbocycles. The Hall–Kier alpha value is -2.53. The molecule has 1 aliphatic rings. The summed E-state index contributed by atoms with van der Waals surface area (Å²) in [5.41, 5.74) is 7.88. The number of nitrogens with two attached hydrogens (primary N) is 1. The van der Waals surface area contributed by atoms with E-state index in [0.717, 1.165) is 5.56 Å². The van der Waals surface area contributed by atoms with Gasteiger partial charge < -0.3 is 15.4 Å². The zero-order valence-electron chi connectivity index (χ0n) is 15.0. The van der Waals surface area contributed by atoms with Crippen LogP contribution >= 0.6 is 11.6 Å². The normalized spacial score (nSPS) is 17.7. The monoisotopic (exact) mass is 389 g/mol. The molecule has 27 heavy (non-hydrogen) atoms. The zero-order valence-corrected chi connectivity index (χ0v) is 15.7. The van der Waals surface area contributed by atoms with E-state index in [-0.39, 0.29) is 11.9 Å². The maximum absolute atomic E-state index is 13.1. The Balaban J connectivity index is 1.64. The molecular formula is C20H21ClFN3O2. The van der Waals surface area contributed by atoms with Gasteiger partial charge in [0.05, 0.1) is 11.7 Å². The Kier molecular flexibility index (Phi) is 6.01. The highest BCUT2D eigenvalue weighted by Crippen LogP contribution is 2.26. The van der Waals surface area contributed by atoms with Crippen molar-refractivity contribution in [3.05, 3.63) is 64.6 Å². The van der Waals surface area contributed by atoms with Crippen molar-refractivity contribution in [3.63, 3.8) is 0 Å². The van der Waals surface area contributed by atoms with Crippen molar-refractivity contribution >= 4 is 23.2 Å². The smallest absolute Gasteiger partial charge is 0.147 e. The van der Waals surface area contributed by atoms with Gasteiger partial charge in [0, 0.05) is 24.7 Å². The molecule has 0 aliphatic carbocycles. The van der Waals surface area contributed by atoms with E-state index >= 15 is 0 Å². The van der Waals surface area contributed by atoms with Crippen LogP contribution in [0.25, 0.3) is 0 Å². The summed E-state index contributed by atoms with van der Waals surface area (Å²) in [7, 11) is 0. The summed E-state index contributed by atoms with van der Waals surface area (Å²) >= 11 is 5.90. The summed E-state index contributed by atoms with van der Waals surface area (Å²) in [5.74, 6) is 2.34. The molecule has 0 spiro atoms. The predicted octanol–water partition coefficient (Wildman–Crippen LogP) is 3.32. The number of rotatable bonds is 5. The maximum atomic E-state index is 13.1. The van der Waals surface area contributed by atoms with E-state index in [9.17, 15) is 9.18 Å². The first-order chi connectivity index (χ1) is 13.0. The number of piperazine rings is 1. The number of benzene rings is 2. The molecule has 1 heterocycles. The second-order valence-corrected chi connectivity index (χ2v) is 6.92. The number of anilines is 1. The largest absolute Gasteiger partial charge is 0.476 e. The molecule has 0 saturated carbocycles. The van der Waals surface area contributed by atoms with Crippen LogP contribution in [-0.4, -0.2) is 41.6 Å². The second kappa shape index (κ2) is 8.44. The summed E-state index contributed by atoms with van der Waals surface area (Å²) in [4.78, 5) is 15.6. The van der Waals surface area contributed by atoms with E-state index in [1.165, 1.54) is 12.1 Å². The van der Waals surface area contributed by atoms with Crippen molar-refractivity contribution in [2.24, 2.45) is 0 Å². The lowest BCUT2D eigenvalue weighted by Gasteiger charge is -2.40. The molecule has 0 bridgehead atoms. The minimum absolute atomic E-state index is 0.162. The fourth-order valence-electron chi connectivity index (χ4n) is 3.10. The molecule has 1 aliphatic heterocycles. The molecule has 2 N–H and O–H groups in total. The molecule has 0 radical (unpaired) electrons. The van der Waals surface area contributed by atoms with Gasteiger partial charge in [0.2, 0.25) is 0 Å². The third-order valence-corrected chi connectivity index (χ3v) is 4.93. The van der Waals surface area contributed by atoms with Gasteiger partial charge in [-0.05, 0) is 42.8 Å². The first kappa shape index (κ1) is 19.2. The number of nitrogen functional groups attached to an aromatic ring is 1. The highest BCUT2D eigenvalue weighted by atomic mass is 35.5. The van der Waals surface area contributed by atoms with Gasteiger partial charge in [-0.15, -0.1) is 0 Å². The van der Waals surface area contributed by atoms with Crippen LogP contribution in [0.2, 0.25) is 5.02 Å². The molecular weight excluding hydrogens is 369 g/mol. The van der Waals surface area contributed by atoms with Crippen molar-refractivity contribution in [2.45, 2.75) is 19.5 Å². The zero-order chi connectivity index (χ0) is 19.4. The van der Waals surface area contributed by atoms with Gasteiger partial charge in [-0.3, -0.25) is 4.90 Å². The number of hydrogen-bond acceptors (Lipinski definition) is 5. The Morgan fingerprint density at radius 3 is 2.67 bits per heavy atom. The number of hydrogen-bond donors (Lipinski definition) is 1. The molecule has 0 amide bonds. The van der Waals surface area contributed by atoms with Crippen molar-refractivity contribution in [2.75, 3.05) is 25.6 Å². The van der Waals surface area contributed by atoms with E-state index in [1.54, 1.807) is 30.3 Å². The lowest BCUT2D eigenvalue weighted by Crippen LogP contribution is -2.51. The van der Waals surface area contributed by atoms with Crippen LogP contribution in [0.3, 0.4) is 0 Å². The van der Waals surface area contributed by atoms with E-state index in [0.29, 0.717) is 48.5 Å². The summed E-state index contributed by atoms with van der Waals surface area (Å²) in [6.07, 6.45) is 0. The van der Waals surface area contributed by atoms with Gasteiger partial charge in [0.1, 0.15) is 29.9 Å². The van der Waals surface area contributed by atoms with Crippen molar-refractivity contribution < 1.29 is 13.9 Å². The minimum Gasteiger partial charge on any atom is -0.476 e. The quantitative estimate of drug-likeness (QED) is 0.628. The van der Waals surface area contributed by atoms with E-state index in [2.05, 4.69) is 5.94 Å². The fourth-order valence-corrected chi connectivity index (χ4v) is 3.28. The van der Waals surface area contributed by atoms with Gasteiger partial charge >= 0.3 is 0 Å². The topological polar surface area (TPSA) is 58.8 Å². The molecule has 7 heteroatoms. The Bertz CT molecular complexity index is 853. The summed E-state index contributed by atoms with van der Waals surface area (Å²) in [5, 5.41) is 0.550. The molecule has 3 rings (SSSR count). The lowest BCUT2D eigenvalue weighted by molar-refractivity contribution is 0.0549. The third kappa shape index (κ3) is 4.61. The highest BCUT2D eigenvalue weighted by Gasteiger charge is 2.29. The van der Waals surface area contributed by atoms with Crippen LogP contribution in [0.15, 0.2) is 48.2 Å². The third-order valence-electron chi connectivity index (χ3n) is 4.69. The van der Waals surface area contributed by atoms with Crippen molar-refractivity contribution in [3.8, 4) is 5.75 Å². The van der Waals surface area contributed by atoms with Crippen LogP contribution in [0.5, 0.6) is 5.75 Å². The van der Waals surface area contributed by atoms with Crippen LogP contribution in [0.4, 0.5) is 10.1 Å². The Morgan fingerprint density at radius 1 is 1.26 bits per heavy atom. The van der Waals surface area contributed by atoms with Crippen LogP contribution in [0, 0.1) is 5.82 Å².